The largest absolute Gasteiger partial charge is 0.349 e. The first-order valence-corrected chi connectivity index (χ1v) is 4.78. The summed E-state index contributed by atoms with van der Waals surface area (Å²) in [4.78, 5) is 8.55. The maximum absolute atomic E-state index is 4.28. The van der Waals surface area contributed by atoms with Crippen LogP contribution in [-0.4, -0.2) is 20.2 Å². The number of hydrogen-bond acceptors (Lipinski definition) is 4. The number of aromatic amines is 1. The predicted octanol–water partition coefficient (Wildman–Crippen LogP) is 1.43. The van der Waals surface area contributed by atoms with E-state index in [9.17, 15) is 0 Å². The molecule has 2 rings (SSSR count). The van der Waals surface area contributed by atoms with Crippen LogP contribution in [0.4, 0.5) is 5.95 Å². The van der Waals surface area contributed by atoms with Crippen LogP contribution < -0.4 is 5.32 Å². The SMILES string of the molecule is Cc1cc(C)nc(NCc2ccn[nH]2)n1. The van der Waals surface area contributed by atoms with Crippen LogP contribution in [0, 0.1) is 13.8 Å². The maximum atomic E-state index is 4.28. The van der Waals surface area contributed by atoms with E-state index in [2.05, 4.69) is 25.5 Å². The summed E-state index contributed by atoms with van der Waals surface area (Å²) in [6.07, 6.45) is 1.72. The van der Waals surface area contributed by atoms with Crippen molar-refractivity contribution in [3.63, 3.8) is 0 Å². The Morgan fingerprint density at radius 1 is 1.27 bits per heavy atom. The van der Waals surface area contributed by atoms with E-state index in [1.807, 2.05) is 26.0 Å². The van der Waals surface area contributed by atoms with Crippen LogP contribution in [0.5, 0.6) is 0 Å². The summed E-state index contributed by atoms with van der Waals surface area (Å²) < 4.78 is 0. The molecule has 0 aromatic carbocycles. The van der Waals surface area contributed by atoms with Gasteiger partial charge in [-0.2, -0.15) is 5.10 Å². The first-order valence-electron chi connectivity index (χ1n) is 4.78. The number of rotatable bonds is 3. The molecule has 0 unspecified atom stereocenters. The summed E-state index contributed by atoms with van der Waals surface area (Å²) in [6.45, 7) is 4.56. The molecule has 0 spiro atoms. The van der Waals surface area contributed by atoms with Gasteiger partial charge in [0.2, 0.25) is 5.95 Å². The second kappa shape index (κ2) is 4.08. The third-order valence-corrected chi connectivity index (χ3v) is 1.98. The monoisotopic (exact) mass is 203 g/mol. The molecular formula is C10H13N5. The number of H-pyrrole nitrogens is 1. The number of nitrogens with one attached hydrogen (secondary N) is 2. The highest BCUT2D eigenvalue weighted by molar-refractivity contribution is 5.28. The van der Waals surface area contributed by atoms with Crippen molar-refractivity contribution in [1.29, 1.82) is 0 Å². The number of aromatic nitrogens is 4. The molecule has 2 heterocycles. The number of hydrogen-bond donors (Lipinski definition) is 2. The molecule has 78 valence electrons. The van der Waals surface area contributed by atoms with Crippen molar-refractivity contribution in [1.82, 2.24) is 20.2 Å². The van der Waals surface area contributed by atoms with E-state index < -0.39 is 0 Å². The first kappa shape index (κ1) is 9.64. The first-order chi connectivity index (χ1) is 7.24. The second-order valence-electron chi connectivity index (χ2n) is 3.41. The Bertz CT molecular complexity index is 415. The molecule has 0 aliphatic rings. The zero-order chi connectivity index (χ0) is 10.7. The van der Waals surface area contributed by atoms with E-state index in [-0.39, 0.29) is 0 Å². The van der Waals surface area contributed by atoms with E-state index in [1.54, 1.807) is 6.20 Å². The molecule has 15 heavy (non-hydrogen) atoms. The topological polar surface area (TPSA) is 66.5 Å². The average molecular weight is 203 g/mol. The highest BCUT2D eigenvalue weighted by Gasteiger charge is 1.99. The fourth-order valence-electron chi connectivity index (χ4n) is 1.36. The predicted molar refractivity (Wildman–Crippen MR) is 57.4 cm³/mol. The van der Waals surface area contributed by atoms with Crippen LogP contribution in [0.2, 0.25) is 0 Å². The lowest BCUT2D eigenvalue weighted by atomic mass is 10.3. The highest BCUT2D eigenvalue weighted by Crippen LogP contribution is 2.04. The van der Waals surface area contributed by atoms with Gasteiger partial charge in [-0.15, -0.1) is 0 Å². The van der Waals surface area contributed by atoms with Crippen molar-refractivity contribution in [3.8, 4) is 0 Å². The molecule has 5 heteroatoms. The van der Waals surface area contributed by atoms with Gasteiger partial charge in [-0.1, -0.05) is 0 Å². The van der Waals surface area contributed by atoms with Crippen molar-refractivity contribution in [2.24, 2.45) is 0 Å². The fourth-order valence-corrected chi connectivity index (χ4v) is 1.36. The maximum Gasteiger partial charge on any atom is 0.223 e. The Morgan fingerprint density at radius 3 is 2.60 bits per heavy atom. The average Bonchev–Trinajstić information content (AvgIpc) is 2.65. The van der Waals surface area contributed by atoms with Crippen molar-refractivity contribution in [3.05, 3.63) is 35.4 Å². The van der Waals surface area contributed by atoms with Crippen LogP contribution in [-0.2, 0) is 6.54 Å². The van der Waals surface area contributed by atoms with Gasteiger partial charge in [0, 0.05) is 17.6 Å². The minimum atomic E-state index is 0.655. The van der Waals surface area contributed by atoms with Gasteiger partial charge in [0.05, 0.1) is 12.2 Å². The molecule has 2 aromatic rings. The number of anilines is 1. The van der Waals surface area contributed by atoms with Crippen LogP contribution in [0.25, 0.3) is 0 Å². The number of nitrogens with zero attached hydrogens (tertiary/aromatic N) is 3. The van der Waals surface area contributed by atoms with Gasteiger partial charge in [0.1, 0.15) is 0 Å². The molecule has 0 amide bonds. The molecule has 0 aliphatic heterocycles. The summed E-state index contributed by atoms with van der Waals surface area (Å²) in [5.41, 5.74) is 2.95. The van der Waals surface area contributed by atoms with Gasteiger partial charge >= 0.3 is 0 Å². The van der Waals surface area contributed by atoms with Crippen LogP contribution in [0.3, 0.4) is 0 Å². The van der Waals surface area contributed by atoms with Crippen molar-refractivity contribution >= 4 is 5.95 Å². The van der Waals surface area contributed by atoms with Crippen molar-refractivity contribution in [2.45, 2.75) is 20.4 Å². The minimum absolute atomic E-state index is 0.655. The summed E-state index contributed by atoms with van der Waals surface area (Å²) in [5.74, 6) is 0.655. The molecule has 0 saturated heterocycles. The summed E-state index contributed by atoms with van der Waals surface area (Å²) in [6, 6.07) is 3.86. The Hall–Kier alpha value is -1.91. The fraction of sp³-hybridized carbons (Fsp3) is 0.300. The molecule has 0 bridgehead atoms. The molecule has 0 fully saturated rings. The lowest BCUT2D eigenvalue weighted by Crippen LogP contribution is -2.05. The normalized spacial score (nSPS) is 10.3. The van der Waals surface area contributed by atoms with Gasteiger partial charge in [0.15, 0.2) is 0 Å². The van der Waals surface area contributed by atoms with Crippen molar-refractivity contribution < 1.29 is 0 Å². The molecule has 5 nitrogen and oxygen atoms in total. The summed E-state index contributed by atoms with van der Waals surface area (Å²) in [7, 11) is 0. The van der Waals surface area contributed by atoms with E-state index >= 15 is 0 Å². The smallest absolute Gasteiger partial charge is 0.223 e. The van der Waals surface area contributed by atoms with Gasteiger partial charge in [-0.05, 0) is 26.0 Å². The van der Waals surface area contributed by atoms with Gasteiger partial charge in [0.25, 0.3) is 0 Å². The Balaban J connectivity index is 2.05. The van der Waals surface area contributed by atoms with Gasteiger partial charge < -0.3 is 5.32 Å². The summed E-state index contributed by atoms with van der Waals surface area (Å²) in [5, 5.41) is 9.87. The van der Waals surface area contributed by atoms with Crippen LogP contribution >= 0.6 is 0 Å². The second-order valence-corrected chi connectivity index (χ2v) is 3.41. The van der Waals surface area contributed by atoms with E-state index in [4.69, 9.17) is 0 Å². The molecular weight excluding hydrogens is 190 g/mol. The zero-order valence-electron chi connectivity index (χ0n) is 8.78. The molecule has 2 N–H and O–H groups in total. The standard InChI is InChI=1S/C10H13N5/c1-7-5-8(2)14-10(13-7)11-6-9-3-4-12-15-9/h3-5H,6H2,1-2H3,(H,12,15)(H,11,13,14). The van der Waals surface area contributed by atoms with E-state index in [0.717, 1.165) is 17.1 Å². The quantitative estimate of drug-likeness (QED) is 0.791. The Morgan fingerprint density at radius 2 is 2.00 bits per heavy atom. The number of aryl methyl sites for hydroxylation is 2. The lowest BCUT2D eigenvalue weighted by Gasteiger charge is -2.04. The van der Waals surface area contributed by atoms with Crippen LogP contribution in [0.15, 0.2) is 18.3 Å². The molecule has 0 saturated carbocycles. The lowest BCUT2D eigenvalue weighted by molar-refractivity contribution is 0.948. The third kappa shape index (κ3) is 2.52. The Labute approximate surface area is 88.0 Å². The van der Waals surface area contributed by atoms with Gasteiger partial charge in [-0.25, -0.2) is 9.97 Å². The third-order valence-electron chi connectivity index (χ3n) is 1.98. The molecule has 0 atom stereocenters. The molecule has 0 aliphatic carbocycles. The van der Waals surface area contributed by atoms with Crippen LogP contribution in [0.1, 0.15) is 17.1 Å². The summed E-state index contributed by atoms with van der Waals surface area (Å²) >= 11 is 0. The van der Waals surface area contributed by atoms with Gasteiger partial charge in [-0.3, -0.25) is 5.10 Å². The zero-order valence-corrected chi connectivity index (χ0v) is 8.78. The van der Waals surface area contributed by atoms with Crippen molar-refractivity contribution in [2.75, 3.05) is 5.32 Å². The molecule has 2 aromatic heterocycles. The van der Waals surface area contributed by atoms with E-state index in [1.165, 1.54) is 0 Å². The molecule has 0 radical (unpaired) electrons. The highest BCUT2D eigenvalue weighted by atomic mass is 15.1. The van der Waals surface area contributed by atoms with E-state index in [0.29, 0.717) is 12.5 Å². The minimum Gasteiger partial charge on any atom is -0.349 e. The Kier molecular flexibility index (Phi) is 2.62.